The van der Waals surface area contributed by atoms with E-state index in [0.717, 1.165) is 13.0 Å². The van der Waals surface area contributed by atoms with Gasteiger partial charge in [-0.15, -0.1) is 0 Å². The van der Waals surface area contributed by atoms with Crippen LogP contribution in [-0.2, 0) is 16.0 Å². The second-order valence-electron chi connectivity index (χ2n) is 5.69. The van der Waals surface area contributed by atoms with Crippen LogP contribution < -0.4 is 10.6 Å². The lowest BCUT2D eigenvalue weighted by Gasteiger charge is -2.29. The number of rotatable bonds is 4. The SMILES string of the molecule is C[C@H]1OCCN[C@@H]1C(=O)NCCc1cccc2ccccc12. The molecule has 1 amide bonds. The molecule has 0 unspecified atom stereocenters. The average Bonchev–Trinajstić information content (AvgIpc) is 2.55. The van der Waals surface area contributed by atoms with Crippen molar-refractivity contribution in [3.05, 3.63) is 48.0 Å². The Kier molecular flexibility index (Phi) is 4.71. The van der Waals surface area contributed by atoms with Gasteiger partial charge in [0.25, 0.3) is 0 Å². The van der Waals surface area contributed by atoms with E-state index < -0.39 is 0 Å². The number of benzene rings is 2. The van der Waals surface area contributed by atoms with E-state index in [9.17, 15) is 4.79 Å². The number of amides is 1. The van der Waals surface area contributed by atoms with Crippen molar-refractivity contribution in [2.45, 2.75) is 25.5 Å². The van der Waals surface area contributed by atoms with Crippen molar-refractivity contribution < 1.29 is 9.53 Å². The van der Waals surface area contributed by atoms with Gasteiger partial charge in [0.2, 0.25) is 5.91 Å². The zero-order chi connectivity index (χ0) is 15.4. The molecule has 2 aromatic rings. The number of nitrogens with one attached hydrogen (secondary N) is 2. The quantitative estimate of drug-likeness (QED) is 0.906. The van der Waals surface area contributed by atoms with E-state index in [0.29, 0.717) is 13.2 Å². The molecule has 0 bridgehead atoms. The van der Waals surface area contributed by atoms with Gasteiger partial charge in [0.1, 0.15) is 6.04 Å². The van der Waals surface area contributed by atoms with Crippen molar-refractivity contribution in [3.8, 4) is 0 Å². The zero-order valence-electron chi connectivity index (χ0n) is 12.8. The van der Waals surface area contributed by atoms with Gasteiger partial charge in [-0.05, 0) is 29.7 Å². The van der Waals surface area contributed by atoms with Crippen LogP contribution in [0.1, 0.15) is 12.5 Å². The lowest BCUT2D eigenvalue weighted by Crippen LogP contribution is -2.55. The fourth-order valence-corrected chi connectivity index (χ4v) is 2.97. The summed E-state index contributed by atoms with van der Waals surface area (Å²) in [6.07, 6.45) is 0.751. The van der Waals surface area contributed by atoms with Crippen molar-refractivity contribution >= 4 is 16.7 Å². The second-order valence-corrected chi connectivity index (χ2v) is 5.69. The summed E-state index contributed by atoms with van der Waals surface area (Å²) in [4.78, 5) is 12.2. The van der Waals surface area contributed by atoms with Gasteiger partial charge in [-0.1, -0.05) is 42.5 Å². The van der Waals surface area contributed by atoms with Gasteiger partial charge in [-0.25, -0.2) is 0 Å². The third kappa shape index (κ3) is 3.29. The Morgan fingerprint density at radius 3 is 2.95 bits per heavy atom. The molecule has 0 spiro atoms. The maximum atomic E-state index is 12.2. The first-order chi connectivity index (χ1) is 10.8. The molecule has 1 fully saturated rings. The van der Waals surface area contributed by atoms with Gasteiger partial charge >= 0.3 is 0 Å². The number of ether oxygens (including phenoxy) is 1. The molecule has 116 valence electrons. The highest BCUT2D eigenvalue weighted by Gasteiger charge is 2.27. The van der Waals surface area contributed by atoms with Crippen LogP contribution in [-0.4, -0.2) is 37.7 Å². The lowest BCUT2D eigenvalue weighted by molar-refractivity contribution is -0.128. The molecule has 4 heteroatoms. The number of carbonyl (C=O) groups excluding carboxylic acids is 1. The van der Waals surface area contributed by atoms with Crippen LogP contribution in [0.2, 0.25) is 0 Å². The molecule has 4 nitrogen and oxygen atoms in total. The van der Waals surface area contributed by atoms with Gasteiger partial charge in [-0.2, -0.15) is 0 Å². The number of fused-ring (bicyclic) bond motifs is 1. The summed E-state index contributed by atoms with van der Waals surface area (Å²) in [5, 5.41) is 8.72. The van der Waals surface area contributed by atoms with Gasteiger partial charge in [0, 0.05) is 13.1 Å². The smallest absolute Gasteiger partial charge is 0.239 e. The maximum absolute atomic E-state index is 12.2. The Morgan fingerprint density at radius 1 is 1.27 bits per heavy atom. The highest BCUT2D eigenvalue weighted by molar-refractivity contribution is 5.86. The topological polar surface area (TPSA) is 50.4 Å². The van der Waals surface area contributed by atoms with Crippen molar-refractivity contribution in [1.82, 2.24) is 10.6 Å². The van der Waals surface area contributed by atoms with E-state index in [1.165, 1.54) is 16.3 Å². The fraction of sp³-hybridized carbons (Fsp3) is 0.389. The highest BCUT2D eigenvalue weighted by atomic mass is 16.5. The first-order valence-corrected chi connectivity index (χ1v) is 7.85. The number of carbonyl (C=O) groups is 1. The normalized spacial score (nSPS) is 21.7. The van der Waals surface area contributed by atoms with Crippen molar-refractivity contribution in [2.24, 2.45) is 0 Å². The number of morpholine rings is 1. The molecule has 1 heterocycles. The third-order valence-electron chi connectivity index (χ3n) is 4.17. The zero-order valence-corrected chi connectivity index (χ0v) is 12.8. The molecular weight excluding hydrogens is 276 g/mol. The minimum atomic E-state index is -0.249. The van der Waals surface area contributed by atoms with E-state index in [1.807, 2.05) is 13.0 Å². The van der Waals surface area contributed by atoms with Crippen molar-refractivity contribution in [3.63, 3.8) is 0 Å². The summed E-state index contributed by atoms with van der Waals surface area (Å²) < 4.78 is 5.51. The number of hydrogen-bond acceptors (Lipinski definition) is 3. The maximum Gasteiger partial charge on any atom is 0.239 e. The predicted molar refractivity (Wildman–Crippen MR) is 87.9 cm³/mol. The highest BCUT2D eigenvalue weighted by Crippen LogP contribution is 2.18. The van der Waals surface area contributed by atoms with Crippen LogP contribution in [0.15, 0.2) is 42.5 Å². The van der Waals surface area contributed by atoms with Crippen LogP contribution in [0.4, 0.5) is 0 Å². The van der Waals surface area contributed by atoms with Gasteiger partial charge in [0.05, 0.1) is 12.7 Å². The molecule has 1 aliphatic rings. The van der Waals surface area contributed by atoms with E-state index in [4.69, 9.17) is 4.74 Å². The monoisotopic (exact) mass is 298 g/mol. The summed E-state index contributed by atoms with van der Waals surface area (Å²) >= 11 is 0. The minimum Gasteiger partial charge on any atom is -0.375 e. The molecule has 0 aromatic heterocycles. The second kappa shape index (κ2) is 6.90. The molecule has 0 saturated carbocycles. The van der Waals surface area contributed by atoms with Gasteiger partial charge < -0.3 is 15.4 Å². The summed E-state index contributed by atoms with van der Waals surface area (Å²) in [6.45, 7) is 3.96. The van der Waals surface area contributed by atoms with E-state index in [2.05, 4.69) is 47.0 Å². The number of hydrogen-bond donors (Lipinski definition) is 2. The molecule has 3 rings (SSSR count). The molecule has 1 aliphatic heterocycles. The minimum absolute atomic E-state index is 0.0208. The molecular formula is C18H22N2O2. The van der Waals surface area contributed by atoms with Crippen molar-refractivity contribution in [1.29, 1.82) is 0 Å². The first-order valence-electron chi connectivity index (χ1n) is 7.85. The fourth-order valence-electron chi connectivity index (χ4n) is 2.97. The average molecular weight is 298 g/mol. The van der Waals surface area contributed by atoms with Crippen LogP contribution in [0.25, 0.3) is 10.8 Å². The Bertz CT molecular complexity index is 651. The molecule has 2 N–H and O–H groups in total. The van der Waals surface area contributed by atoms with E-state index in [-0.39, 0.29) is 18.1 Å². The Hall–Kier alpha value is -1.91. The van der Waals surface area contributed by atoms with Crippen LogP contribution >= 0.6 is 0 Å². The molecule has 2 aromatic carbocycles. The first kappa shape index (κ1) is 15.0. The summed E-state index contributed by atoms with van der Waals surface area (Å²) in [6, 6.07) is 14.4. The third-order valence-corrected chi connectivity index (χ3v) is 4.17. The molecule has 0 radical (unpaired) electrons. The van der Waals surface area contributed by atoms with Crippen LogP contribution in [0.5, 0.6) is 0 Å². The largest absolute Gasteiger partial charge is 0.375 e. The molecule has 2 atom stereocenters. The van der Waals surface area contributed by atoms with Crippen LogP contribution in [0.3, 0.4) is 0 Å². The van der Waals surface area contributed by atoms with E-state index >= 15 is 0 Å². The summed E-state index contributed by atoms with van der Waals surface area (Å²) in [5.74, 6) is 0.0208. The molecule has 1 saturated heterocycles. The summed E-state index contributed by atoms with van der Waals surface area (Å²) in [7, 11) is 0. The summed E-state index contributed by atoms with van der Waals surface area (Å²) in [5.41, 5.74) is 1.26. The lowest BCUT2D eigenvalue weighted by atomic mass is 10.0. The predicted octanol–water partition coefficient (Wildman–Crippen LogP) is 1.88. The Morgan fingerprint density at radius 2 is 2.09 bits per heavy atom. The van der Waals surface area contributed by atoms with Gasteiger partial charge in [-0.3, -0.25) is 4.79 Å². The van der Waals surface area contributed by atoms with Gasteiger partial charge in [0.15, 0.2) is 0 Å². The molecule has 0 aliphatic carbocycles. The van der Waals surface area contributed by atoms with Crippen molar-refractivity contribution in [2.75, 3.05) is 19.7 Å². The molecule has 22 heavy (non-hydrogen) atoms. The van der Waals surface area contributed by atoms with Crippen LogP contribution in [0, 0.1) is 0 Å². The Labute approximate surface area is 130 Å². The van der Waals surface area contributed by atoms with E-state index in [1.54, 1.807) is 0 Å². The Balaban J connectivity index is 1.59. The standard InChI is InChI=1S/C18H22N2O2/c1-13-17(19-11-12-22-13)18(21)20-10-9-15-7-4-6-14-5-2-3-8-16(14)15/h2-8,13,17,19H,9-12H2,1H3,(H,20,21)/t13-,17+/m1/s1.